The van der Waals surface area contributed by atoms with Crippen LogP contribution in [0.2, 0.25) is 0 Å². The highest BCUT2D eigenvalue weighted by atomic mass is 79.9. The predicted octanol–water partition coefficient (Wildman–Crippen LogP) is 3.46. The van der Waals surface area contributed by atoms with E-state index in [-0.39, 0.29) is 5.95 Å². The monoisotopic (exact) mass is 454 g/mol. The Morgan fingerprint density at radius 2 is 1.85 bits per heavy atom. The second-order valence-electron chi connectivity index (χ2n) is 8.82. The standard InChI is InChI=1S/C18H23BrN4O3S/c1-27(24,25)22-17-21-20-16-5-15(14(19)9-23(16)17)26-10-18-6-11-2-12(7-18)4-13(3-11)8-18/h5,9,11-13H,2-4,6-8,10H2,1H3,(H,21,22). The van der Waals surface area contributed by atoms with Gasteiger partial charge in [0.1, 0.15) is 5.75 Å². The summed E-state index contributed by atoms with van der Waals surface area (Å²) in [6, 6.07) is 1.81. The Kier molecular flexibility index (Phi) is 3.99. The van der Waals surface area contributed by atoms with Crippen molar-refractivity contribution in [3.8, 4) is 5.75 Å². The fraction of sp³-hybridized carbons (Fsp3) is 0.667. The molecule has 0 spiro atoms. The highest BCUT2D eigenvalue weighted by molar-refractivity contribution is 9.10. The molecular formula is C18H23BrN4O3S. The van der Waals surface area contributed by atoms with Crippen LogP contribution in [0.3, 0.4) is 0 Å². The van der Waals surface area contributed by atoms with Crippen molar-refractivity contribution in [2.45, 2.75) is 38.5 Å². The quantitative estimate of drug-likeness (QED) is 0.747. The first-order valence-corrected chi connectivity index (χ1v) is 12.1. The van der Waals surface area contributed by atoms with Gasteiger partial charge in [-0.15, -0.1) is 10.2 Å². The molecule has 4 aliphatic carbocycles. The number of nitrogens with one attached hydrogen (secondary N) is 1. The van der Waals surface area contributed by atoms with Crippen molar-refractivity contribution in [1.82, 2.24) is 14.6 Å². The van der Waals surface area contributed by atoms with Crippen LogP contribution in [0.5, 0.6) is 5.75 Å². The Hall–Kier alpha value is -1.35. The van der Waals surface area contributed by atoms with Gasteiger partial charge in [0.2, 0.25) is 16.0 Å². The highest BCUT2D eigenvalue weighted by Gasteiger charge is 2.51. The first-order valence-electron chi connectivity index (χ1n) is 9.43. The molecule has 7 nitrogen and oxygen atoms in total. The van der Waals surface area contributed by atoms with E-state index in [2.05, 4.69) is 30.8 Å². The highest BCUT2D eigenvalue weighted by Crippen LogP contribution is 2.60. The van der Waals surface area contributed by atoms with Crippen molar-refractivity contribution >= 4 is 37.5 Å². The zero-order valence-corrected chi connectivity index (χ0v) is 17.6. The van der Waals surface area contributed by atoms with E-state index in [0.717, 1.165) is 40.8 Å². The van der Waals surface area contributed by atoms with Crippen molar-refractivity contribution in [3.63, 3.8) is 0 Å². The Labute approximate surface area is 167 Å². The minimum absolute atomic E-state index is 0.167. The third-order valence-electron chi connectivity index (χ3n) is 6.44. The van der Waals surface area contributed by atoms with Gasteiger partial charge in [-0.1, -0.05) is 0 Å². The van der Waals surface area contributed by atoms with Gasteiger partial charge in [0, 0.05) is 17.7 Å². The minimum Gasteiger partial charge on any atom is -0.492 e. The maximum Gasteiger partial charge on any atom is 0.242 e. The average Bonchev–Trinajstić information content (AvgIpc) is 2.91. The van der Waals surface area contributed by atoms with Gasteiger partial charge >= 0.3 is 0 Å². The summed E-state index contributed by atoms with van der Waals surface area (Å²) in [7, 11) is -3.42. The van der Waals surface area contributed by atoms with E-state index in [4.69, 9.17) is 4.74 Å². The van der Waals surface area contributed by atoms with Gasteiger partial charge in [-0.3, -0.25) is 9.12 Å². The van der Waals surface area contributed by atoms with Crippen LogP contribution in [0.4, 0.5) is 5.95 Å². The zero-order valence-electron chi connectivity index (χ0n) is 15.2. The van der Waals surface area contributed by atoms with E-state index in [1.165, 1.54) is 38.5 Å². The summed E-state index contributed by atoms with van der Waals surface area (Å²) in [5, 5.41) is 7.99. The van der Waals surface area contributed by atoms with Gasteiger partial charge in [-0.05, 0) is 72.2 Å². The summed E-state index contributed by atoms with van der Waals surface area (Å²) in [6.45, 7) is 0.744. The number of nitrogens with zero attached hydrogens (tertiary/aromatic N) is 3. The number of aromatic nitrogens is 3. The Balaban J connectivity index is 1.37. The van der Waals surface area contributed by atoms with Crippen LogP contribution in [-0.4, -0.2) is 35.9 Å². The maximum absolute atomic E-state index is 11.5. The fourth-order valence-corrected chi connectivity index (χ4v) is 6.84. The number of rotatable bonds is 5. The molecule has 0 aliphatic heterocycles. The van der Waals surface area contributed by atoms with Crippen LogP contribution in [0.25, 0.3) is 5.65 Å². The van der Waals surface area contributed by atoms with Gasteiger partial charge in [0.05, 0.1) is 17.3 Å². The number of hydrogen-bond acceptors (Lipinski definition) is 5. The van der Waals surface area contributed by atoms with E-state index in [0.29, 0.717) is 11.1 Å². The molecule has 0 radical (unpaired) electrons. The number of hydrogen-bond donors (Lipinski definition) is 1. The summed E-state index contributed by atoms with van der Waals surface area (Å²) < 4.78 is 34.0. The van der Waals surface area contributed by atoms with Gasteiger partial charge in [-0.2, -0.15) is 0 Å². The predicted molar refractivity (Wildman–Crippen MR) is 105 cm³/mol. The van der Waals surface area contributed by atoms with E-state index in [1.54, 1.807) is 10.6 Å². The summed E-state index contributed by atoms with van der Waals surface area (Å²) in [5.41, 5.74) is 0.877. The second-order valence-corrected chi connectivity index (χ2v) is 11.4. The molecule has 6 rings (SSSR count). The summed E-state index contributed by atoms with van der Waals surface area (Å²) in [4.78, 5) is 0. The van der Waals surface area contributed by atoms with Crippen LogP contribution in [-0.2, 0) is 10.0 Å². The van der Waals surface area contributed by atoms with Crippen LogP contribution in [0, 0.1) is 23.2 Å². The molecule has 0 atom stereocenters. The van der Waals surface area contributed by atoms with Crippen molar-refractivity contribution in [2.75, 3.05) is 17.6 Å². The molecule has 4 aliphatic rings. The molecule has 4 bridgehead atoms. The first kappa shape index (κ1) is 17.7. The lowest BCUT2D eigenvalue weighted by molar-refractivity contribution is -0.0746. The molecule has 4 fully saturated rings. The van der Waals surface area contributed by atoms with E-state index >= 15 is 0 Å². The lowest BCUT2D eigenvalue weighted by atomic mass is 9.50. The third kappa shape index (κ3) is 3.33. The van der Waals surface area contributed by atoms with Gasteiger partial charge < -0.3 is 4.74 Å². The number of fused-ring (bicyclic) bond motifs is 1. The summed E-state index contributed by atoms with van der Waals surface area (Å²) >= 11 is 3.55. The molecular weight excluding hydrogens is 432 g/mol. The number of sulfonamides is 1. The molecule has 0 aromatic carbocycles. The molecule has 2 aromatic rings. The Morgan fingerprint density at radius 3 is 2.44 bits per heavy atom. The van der Waals surface area contributed by atoms with E-state index in [9.17, 15) is 8.42 Å². The second kappa shape index (κ2) is 6.07. The fourth-order valence-electron chi connectivity index (χ4n) is 5.94. The molecule has 146 valence electrons. The van der Waals surface area contributed by atoms with Crippen molar-refractivity contribution in [2.24, 2.45) is 23.2 Å². The van der Waals surface area contributed by atoms with Crippen molar-refractivity contribution in [1.29, 1.82) is 0 Å². The molecule has 9 heteroatoms. The van der Waals surface area contributed by atoms with Crippen LogP contribution >= 0.6 is 15.9 Å². The van der Waals surface area contributed by atoms with Gasteiger partial charge in [0.15, 0.2) is 5.65 Å². The molecule has 2 heterocycles. The summed E-state index contributed by atoms with van der Waals surface area (Å²) in [6.07, 6.45) is 11.0. The maximum atomic E-state index is 11.5. The Bertz CT molecular complexity index is 968. The first-order chi connectivity index (χ1) is 12.8. The normalized spacial score (nSPS) is 32.1. The van der Waals surface area contributed by atoms with E-state index < -0.39 is 10.0 Å². The number of pyridine rings is 1. The van der Waals surface area contributed by atoms with Gasteiger partial charge in [-0.25, -0.2) is 8.42 Å². The zero-order chi connectivity index (χ0) is 18.8. The minimum atomic E-state index is -3.42. The lowest BCUT2D eigenvalue weighted by Gasteiger charge is -2.56. The largest absolute Gasteiger partial charge is 0.492 e. The van der Waals surface area contributed by atoms with Crippen LogP contribution < -0.4 is 9.46 Å². The number of anilines is 1. The SMILES string of the molecule is CS(=O)(=O)Nc1nnc2cc(OCC34CC5CC(CC(C5)C3)C4)c(Br)cn12. The van der Waals surface area contributed by atoms with Gasteiger partial charge in [0.25, 0.3) is 0 Å². The smallest absolute Gasteiger partial charge is 0.242 e. The van der Waals surface area contributed by atoms with Crippen molar-refractivity contribution < 1.29 is 13.2 Å². The topological polar surface area (TPSA) is 85.6 Å². The molecule has 1 N–H and O–H groups in total. The number of ether oxygens (including phenoxy) is 1. The lowest BCUT2D eigenvalue weighted by Crippen LogP contribution is -2.48. The number of halogens is 1. The molecule has 2 aromatic heterocycles. The molecule has 0 saturated heterocycles. The molecule has 4 saturated carbocycles. The molecule has 0 unspecified atom stereocenters. The van der Waals surface area contributed by atoms with Crippen LogP contribution in [0.1, 0.15) is 38.5 Å². The van der Waals surface area contributed by atoms with Crippen LogP contribution in [0.15, 0.2) is 16.7 Å². The molecule has 0 amide bonds. The summed E-state index contributed by atoms with van der Waals surface area (Å²) in [5.74, 6) is 3.59. The average molecular weight is 455 g/mol. The Morgan fingerprint density at radius 1 is 1.22 bits per heavy atom. The van der Waals surface area contributed by atoms with E-state index in [1.807, 2.05) is 6.07 Å². The van der Waals surface area contributed by atoms with Crippen molar-refractivity contribution in [3.05, 3.63) is 16.7 Å². The molecule has 27 heavy (non-hydrogen) atoms. The third-order valence-corrected chi connectivity index (χ3v) is 7.58.